The molecule has 0 spiro atoms. The van der Waals surface area contributed by atoms with E-state index < -0.39 is 5.92 Å². The molecule has 0 heterocycles. The number of benzene rings is 1. The molecule has 0 bridgehead atoms. The minimum absolute atomic E-state index is 0.127. The second-order valence-electron chi connectivity index (χ2n) is 4.69. The van der Waals surface area contributed by atoms with E-state index in [4.69, 9.17) is 18.0 Å². The van der Waals surface area contributed by atoms with Crippen molar-refractivity contribution in [2.45, 2.75) is 12.3 Å². The van der Waals surface area contributed by atoms with Crippen LogP contribution in [0, 0.1) is 0 Å². The molecule has 0 fully saturated rings. The van der Waals surface area contributed by atoms with Crippen molar-refractivity contribution in [2.75, 3.05) is 27.2 Å². The van der Waals surface area contributed by atoms with E-state index in [0.29, 0.717) is 6.54 Å². The quantitative estimate of drug-likeness (QED) is 0.580. The van der Waals surface area contributed by atoms with Gasteiger partial charge in [0.1, 0.15) is 5.92 Å². The molecule has 0 aromatic heterocycles. The van der Waals surface area contributed by atoms with Gasteiger partial charge in [0.15, 0.2) is 0 Å². The molecule has 0 saturated carbocycles. The van der Waals surface area contributed by atoms with E-state index in [-0.39, 0.29) is 10.9 Å². The van der Waals surface area contributed by atoms with Gasteiger partial charge < -0.3 is 16.0 Å². The van der Waals surface area contributed by atoms with Gasteiger partial charge in [-0.25, -0.2) is 0 Å². The molecule has 19 heavy (non-hydrogen) atoms. The van der Waals surface area contributed by atoms with Crippen LogP contribution >= 0.6 is 12.2 Å². The van der Waals surface area contributed by atoms with Crippen molar-refractivity contribution in [1.82, 2.24) is 10.2 Å². The highest BCUT2D eigenvalue weighted by Gasteiger charge is 2.22. The van der Waals surface area contributed by atoms with Crippen LogP contribution in [0.15, 0.2) is 30.3 Å². The Balaban J connectivity index is 2.58. The number of nitrogens with two attached hydrogens (primary N) is 1. The zero-order chi connectivity index (χ0) is 14.3. The van der Waals surface area contributed by atoms with Gasteiger partial charge in [-0.15, -0.1) is 0 Å². The number of carbonyl (C=O) groups excluding carboxylic acids is 1. The van der Waals surface area contributed by atoms with Crippen LogP contribution in [0.3, 0.4) is 0 Å². The average Bonchev–Trinajstić information content (AvgIpc) is 2.35. The number of amides is 1. The molecule has 3 N–H and O–H groups in total. The maximum atomic E-state index is 12.1. The molecule has 5 heteroatoms. The monoisotopic (exact) mass is 279 g/mol. The first-order valence-corrected chi connectivity index (χ1v) is 6.70. The van der Waals surface area contributed by atoms with Crippen LogP contribution in [0.1, 0.15) is 17.9 Å². The lowest BCUT2D eigenvalue weighted by Gasteiger charge is -2.16. The third kappa shape index (κ3) is 5.36. The van der Waals surface area contributed by atoms with E-state index in [1.807, 2.05) is 44.4 Å². The summed E-state index contributed by atoms with van der Waals surface area (Å²) in [6, 6.07) is 9.38. The van der Waals surface area contributed by atoms with E-state index in [1.165, 1.54) is 0 Å². The molecule has 1 rings (SSSR count). The molecule has 1 aromatic rings. The largest absolute Gasteiger partial charge is 0.392 e. The zero-order valence-electron chi connectivity index (χ0n) is 11.4. The SMILES string of the molecule is CN(C)CCCNC(=O)C(C(N)=S)c1ccccc1. The third-order valence-electron chi connectivity index (χ3n) is 2.76. The van der Waals surface area contributed by atoms with Crippen molar-refractivity contribution in [3.05, 3.63) is 35.9 Å². The maximum absolute atomic E-state index is 12.1. The molecule has 104 valence electrons. The Morgan fingerprint density at radius 2 is 2.00 bits per heavy atom. The molecule has 1 amide bonds. The van der Waals surface area contributed by atoms with Crippen LogP contribution in [0.5, 0.6) is 0 Å². The van der Waals surface area contributed by atoms with Crippen molar-refractivity contribution < 1.29 is 4.79 Å². The standard InChI is InChI=1S/C14H21N3OS/c1-17(2)10-6-9-16-14(18)12(13(15)19)11-7-4-3-5-8-11/h3-5,7-8,12H,6,9-10H2,1-2H3,(H2,15,19)(H,16,18). The van der Waals surface area contributed by atoms with Crippen molar-refractivity contribution in [3.63, 3.8) is 0 Å². The lowest BCUT2D eigenvalue weighted by molar-refractivity contribution is -0.121. The molecular weight excluding hydrogens is 258 g/mol. The fourth-order valence-corrected chi connectivity index (χ4v) is 2.04. The predicted molar refractivity (Wildman–Crippen MR) is 82.1 cm³/mol. The first-order chi connectivity index (χ1) is 9.02. The van der Waals surface area contributed by atoms with Crippen molar-refractivity contribution in [2.24, 2.45) is 5.73 Å². The summed E-state index contributed by atoms with van der Waals surface area (Å²) < 4.78 is 0. The van der Waals surface area contributed by atoms with Gasteiger partial charge in [0.25, 0.3) is 0 Å². The summed E-state index contributed by atoms with van der Waals surface area (Å²) in [5, 5.41) is 2.88. The molecule has 0 aliphatic heterocycles. The summed E-state index contributed by atoms with van der Waals surface area (Å²) in [5.74, 6) is -0.673. The van der Waals surface area contributed by atoms with Gasteiger partial charge >= 0.3 is 0 Å². The Hall–Kier alpha value is -1.46. The van der Waals surface area contributed by atoms with Crippen LogP contribution in [-0.2, 0) is 4.79 Å². The number of thiocarbonyl (C=S) groups is 1. The topological polar surface area (TPSA) is 58.4 Å². The fourth-order valence-electron chi connectivity index (χ4n) is 1.80. The Bertz CT molecular complexity index is 420. The van der Waals surface area contributed by atoms with Gasteiger partial charge in [-0.3, -0.25) is 4.79 Å². The van der Waals surface area contributed by atoms with Crippen LogP contribution in [0.4, 0.5) is 0 Å². The number of hydrogen-bond donors (Lipinski definition) is 2. The molecule has 0 aliphatic rings. The Morgan fingerprint density at radius 1 is 1.37 bits per heavy atom. The van der Waals surface area contributed by atoms with Crippen molar-refractivity contribution in [3.8, 4) is 0 Å². The molecule has 1 atom stereocenters. The smallest absolute Gasteiger partial charge is 0.234 e. The van der Waals surface area contributed by atoms with Gasteiger partial charge in [-0.2, -0.15) is 0 Å². The highest BCUT2D eigenvalue weighted by atomic mass is 32.1. The molecular formula is C14H21N3OS. The zero-order valence-corrected chi connectivity index (χ0v) is 12.2. The minimum atomic E-state index is -0.546. The summed E-state index contributed by atoms with van der Waals surface area (Å²) >= 11 is 5.00. The Labute approximate surface area is 120 Å². The number of nitrogens with one attached hydrogen (secondary N) is 1. The van der Waals surface area contributed by atoms with Crippen LogP contribution in [-0.4, -0.2) is 43.0 Å². The van der Waals surface area contributed by atoms with E-state index >= 15 is 0 Å². The van der Waals surface area contributed by atoms with Gasteiger partial charge in [0.05, 0.1) is 4.99 Å². The first kappa shape index (κ1) is 15.6. The van der Waals surface area contributed by atoms with Crippen molar-refractivity contribution in [1.29, 1.82) is 0 Å². The number of carbonyl (C=O) groups is 1. The summed E-state index contributed by atoms with van der Waals surface area (Å²) in [6.07, 6.45) is 0.900. The summed E-state index contributed by atoms with van der Waals surface area (Å²) in [4.78, 5) is 14.4. The molecule has 0 saturated heterocycles. The Kier molecular flexibility index (Phi) is 6.45. The van der Waals surface area contributed by atoms with E-state index in [1.54, 1.807) is 0 Å². The first-order valence-electron chi connectivity index (χ1n) is 6.29. The van der Waals surface area contributed by atoms with Crippen LogP contribution in [0.2, 0.25) is 0 Å². The highest BCUT2D eigenvalue weighted by molar-refractivity contribution is 7.80. The van der Waals surface area contributed by atoms with Gasteiger partial charge in [-0.05, 0) is 32.6 Å². The van der Waals surface area contributed by atoms with Gasteiger partial charge in [0, 0.05) is 6.54 Å². The highest BCUT2D eigenvalue weighted by Crippen LogP contribution is 2.16. The normalized spacial score (nSPS) is 12.2. The summed E-state index contributed by atoms with van der Waals surface area (Å²) in [5.41, 5.74) is 6.52. The number of hydrogen-bond acceptors (Lipinski definition) is 3. The molecule has 1 aromatic carbocycles. The average molecular weight is 279 g/mol. The number of nitrogens with zero attached hydrogens (tertiary/aromatic N) is 1. The van der Waals surface area contributed by atoms with E-state index in [0.717, 1.165) is 18.5 Å². The fraction of sp³-hybridized carbons (Fsp3) is 0.429. The molecule has 0 aliphatic carbocycles. The minimum Gasteiger partial charge on any atom is -0.392 e. The lowest BCUT2D eigenvalue weighted by Crippen LogP contribution is -2.37. The maximum Gasteiger partial charge on any atom is 0.234 e. The van der Waals surface area contributed by atoms with Crippen LogP contribution < -0.4 is 11.1 Å². The predicted octanol–water partition coefficient (Wildman–Crippen LogP) is 1.12. The van der Waals surface area contributed by atoms with Gasteiger partial charge in [0.2, 0.25) is 5.91 Å². The summed E-state index contributed by atoms with van der Waals surface area (Å²) in [6.45, 7) is 1.56. The van der Waals surface area contributed by atoms with E-state index in [2.05, 4.69) is 10.2 Å². The Morgan fingerprint density at radius 3 is 2.53 bits per heavy atom. The number of rotatable bonds is 7. The lowest BCUT2D eigenvalue weighted by atomic mass is 9.98. The van der Waals surface area contributed by atoms with Crippen LogP contribution in [0.25, 0.3) is 0 Å². The molecule has 0 radical (unpaired) electrons. The van der Waals surface area contributed by atoms with E-state index in [9.17, 15) is 4.79 Å². The molecule has 1 unspecified atom stereocenters. The third-order valence-corrected chi connectivity index (χ3v) is 3.00. The summed E-state index contributed by atoms with van der Waals surface area (Å²) in [7, 11) is 4.01. The van der Waals surface area contributed by atoms with Crippen molar-refractivity contribution >= 4 is 23.1 Å². The molecule has 4 nitrogen and oxygen atoms in total. The van der Waals surface area contributed by atoms with Gasteiger partial charge in [-0.1, -0.05) is 42.5 Å². The second-order valence-corrected chi connectivity index (χ2v) is 5.17. The second kappa shape index (κ2) is 7.86.